The van der Waals surface area contributed by atoms with Crippen LogP contribution in [0.2, 0.25) is 0 Å². The third kappa shape index (κ3) is 2.49. The van der Waals surface area contributed by atoms with E-state index in [1.807, 2.05) is 6.92 Å². The van der Waals surface area contributed by atoms with Gasteiger partial charge in [-0.2, -0.15) is 0 Å². The van der Waals surface area contributed by atoms with Crippen molar-refractivity contribution in [3.8, 4) is 0 Å². The molecule has 100 valence electrons. The predicted molar refractivity (Wildman–Crippen MR) is 62.6 cm³/mol. The molecule has 18 heavy (non-hydrogen) atoms. The molecule has 1 rings (SSSR count). The molecule has 0 aliphatic heterocycles. The summed E-state index contributed by atoms with van der Waals surface area (Å²) in [6, 6.07) is 0. The SMILES string of the molecule is CCCCc1c(C(=O)O)nnn1C(C)(C)C(=O)O. The van der Waals surface area contributed by atoms with E-state index < -0.39 is 17.5 Å². The topological polar surface area (TPSA) is 105 Å². The molecule has 0 atom stereocenters. The molecule has 0 fully saturated rings. The van der Waals surface area contributed by atoms with Crippen molar-refractivity contribution >= 4 is 11.9 Å². The molecule has 0 saturated heterocycles. The number of nitrogens with zero attached hydrogens (tertiary/aromatic N) is 3. The van der Waals surface area contributed by atoms with Crippen molar-refractivity contribution in [2.45, 2.75) is 45.6 Å². The quantitative estimate of drug-likeness (QED) is 0.789. The van der Waals surface area contributed by atoms with Crippen LogP contribution in [0.3, 0.4) is 0 Å². The number of hydrogen-bond donors (Lipinski definition) is 2. The molecule has 0 spiro atoms. The molecular formula is C11H17N3O4. The van der Waals surface area contributed by atoms with E-state index in [0.29, 0.717) is 12.1 Å². The highest BCUT2D eigenvalue weighted by Gasteiger charge is 2.35. The maximum atomic E-state index is 11.2. The van der Waals surface area contributed by atoms with Gasteiger partial charge in [0.2, 0.25) is 0 Å². The maximum absolute atomic E-state index is 11.2. The Kier molecular flexibility index (Phi) is 4.05. The summed E-state index contributed by atoms with van der Waals surface area (Å²) in [6.07, 6.45) is 2.07. The van der Waals surface area contributed by atoms with E-state index in [-0.39, 0.29) is 5.69 Å². The van der Waals surface area contributed by atoms with Gasteiger partial charge in [-0.25, -0.2) is 14.3 Å². The van der Waals surface area contributed by atoms with Gasteiger partial charge in [0.25, 0.3) is 0 Å². The van der Waals surface area contributed by atoms with Crippen molar-refractivity contribution in [2.75, 3.05) is 0 Å². The highest BCUT2D eigenvalue weighted by atomic mass is 16.4. The van der Waals surface area contributed by atoms with Crippen LogP contribution in [0.4, 0.5) is 0 Å². The zero-order valence-corrected chi connectivity index (χ0v) is 10.7. The first kappa shape index (κ1) is 14.1. The van der Waals surface area contributed by atoms with Gasteiger partial charge in [-0.05, 0) is 26.7 Å². The second kappa shape index (κ2) is 5.16. The number of carbonyl (C=O) groups is 2. The van der Waals surface area contributed by atoms with Gasteiger partial charge in [0.15, 0.2) is 11.2 Å². The first-order valence-corrected chi connectivity index (χ1v) is 5.74. The molecule has 0 saturated carbocycles. The summed E-state index contributed by atoms with van der Waals surface area (Å²) >= 11 is 0. The lowest BCUT2D eigenvalue weighted by molar-refractivity contribution is -0.146. The lowest BCUT2D eigenvalue weighted by Crippen LogP contribution is -2.38. The van der Waals surface area contributed by atoms with Crippen molar-refractivity contribution in [1.82, 2.24) is 15.0 Å². The molecule has 0 aliphatic carbocycles. The molecule has 2 N–H and O–H groups in total. The molecule has 7 heteroatoms. The number of carboxylic acids is 2. The van der Waals surface area contributed by atoms with Crippen molar-refractivity contribution in [3.63, 3.8) is 0 Å². The Labute approximate surface area is 104 Å². The van der Waals surface area contributed by atoms with Crippen LogP contribution in [-0.2, 0) is 16.8 Å². The van der Waals surface area contributed by atoms with Crippen LogP contribution in [0.15, 0.2) is 0 Å². The highest BCUT2D eigenvalue weighted by Crippen LogP contribution is 2.20. The van der Waals surface area contributed by atoms with Crippen molar-refractivity contribution in [1.29, 1.82) is 0 Å². The molecule has 1 aromatic rings. The summed E-state index contributed by atoms with van der Waals surface area (Å²) in [5.41, 5.74) is -1.13. The monoisotopic (exact) mass is 255 g/mol. The van der Waals surface area contributed by atoms with Crippen molar-refractivity contribution < 1.29 is 19.8 Å². The molecule has 0 radical (unpaired) electrons. The molecule has 0 amide bonds. The van der Waals surface area contributed by atoms with E-state index in [2.05, 4.69) is 10.3 Å². The Morgan fingerprint density at radius 3 is 2.39 bits per heavy atom. The average molecular weight is 255 g/mol. The summed E-state index contributed by atoms with van der Waals surface area (Å²) in [5.74, 6) is -2.27. The van der Waals surface area contributed by atoms with Gasteiger partial charge < -0.3 is 10.2 Å². The summed E-state index contributed by atoms with van der Waals surface area (Å²) in [5, 5.41) is 25.4. The van der Waals surface area contributed by atoms with E-state index in [1.54, 1.807) is 0 Å². The van der Waals surface area contributed by atoms with E-state index in [4.69, 9.17) is 10.2 Å². The van der Waals surface area contributed by atoms with Crippen LogP contribution in [0, 0.1) is 0 Å². The Morgan fingerprint density at radius 2 is 1.94 bits per heavy atom. The van der Waals surface area contributed by atoms with Crippen LogP contribution >= 0.6 is 0 Å². The molecule has 1 aromatic heterocycles. The van der Waals surface area contributed by atoms with Crippen LogP contribution < -0.4 is 0 Å². The van der Waals surface area contributed by atoms with Gasteiger partial charge in [-0.15, -0.1) is 5.10 Å². The van der Waals surface area contributed by atoms with Crippen LogP contribution in [0.5, 0.6) is 0 Å². The smallest absolute Gasteiger partial charge is 0.358 e. The van der Waals surface area contributed by atoms with Crippen LogP contribution in [-0.4, -0.2) is 37.1 Å². The number of carboxylic acid groups (broad SMARTS) is 2. The Morgan fingerprint density at radius 1 is 1.33 bits per heavy atom. The van der Waals surface area contributed by atoms with Gasteiger partial charge in [-0.3, -0.25) is 0 Å². The Hall–Kier alpha value is -1.92. The Balaban J connectivity index is 3.27. The standard InChI is InChI=1S/C11H17N3O4/c1-4-5-6-7-8(9(15)16)12-13-14(7)11(2,3)10(17)18/h4-6H2,1-3H3,(H,15,16)(H,17,18). The summed E-state index contributed by atoms with van der Waals surface area (Å²) in [6.45, 7) is 4.90. The zero-order valence-electron chi connectivity index (χ0n) is 10.7. The van der Waals surface area contributed by atoms with Crippen LogP contribution in [0.25, 0.3) is 0 Å². The van der Waals surface area contributed by atoms with Gasteiger partial charge in [0, 0.05) is 0 Å². The summed E-state index contributed by atoms with van der Waals surface area (Å²) in [7, 11) is 0. The fraction of sp³-hybridized carbons (Fsp3) is 0.636. The minimum Gasteiger partial charge on any atom is -0.479 e. The summed E-state index contributed by atoms with van der Waals surface area (Å²) < 4.78 is 1.19. The minimum absolute atomic E-state index is 0.169. The minimum atomic E-state index is -1.32. The Bertz CT molecular complexity index is 465. The number of rotatable bonds is 6. The van der Waals surface area contributed by atoms with Gasteiger partial charge >= 0.3 is 11.9 Å². The number of aromatic nitrogens is 3. The summed E-state index contributed by atoms with van der Waals surface area (Å²) in [4.78, 5) is 22.2. The molecule has 0 bridgehead atoms. The van der Waals surface area contributed by atoms with Gasteiger partial charge in [0.05, 0.1) is 5.69 Å². The van der Waals surface area contributed by atoms with Gasteiger partial charge in [0.1, 0.15) is 0 Å². The average Bonchev–Trinajstić information content (AvgIpc) is 2.70. The lowest BCUT2D eigenvalue weighted by Gasteiger charge is -2.21. The number of hydrogen-bond acceptors (Lipinski definition) is 4. The largest absolute Gasteiger partial charge is 0.479 e. The number of unbranched alkanes of at least 4 members (excludes halogenated alkanes) is 1. The van der Waals surface area contributed by atoms with Crippen molar-refractivity contribution in [2.24, 2.45) is 0 Å². The predicted octanol–water partition coefficient (Wildman–Crippen LogP) is 1.14. The highest BCUT2D eigenvalue weighted by molar-refractivity contribution is 5.86. The number of aliphatic carboxylic acids is 1. The normalized spacial score (nSPS) is 11.5. The lowest BCUT2D eigenvalue weighted by atomic mass is 10.0. The maximum Gasteiger partial charge on any atom is 0.358 e. The van der Waals surface area contributed by atoms with Crippen molar-refractivity contribution in [3.05, 3.63) is 11.4 Å². The molecule has 7 nitrogen and oxygen atoms in total. The zero-order chi connectivity index (χ0) is 13.9. The molecule has 0 unspecified atom stereocenters. The van der Waals surface area contributed by atoms with Gasteiger partial charge in [-0.1, -0.05) is 18.6 Å². The van der Waals surface area contributed by atoms with E-state index in [1.165, 1.54) is 18.5 Å². The van der Waals surface area contributed by atoms with E-state index in [9.17, 15) is 9.59 Å². The molecule has 0 aromatic carbocycles. The molecule has 0 aliphatic rings. The second-order valence-electron chi connectivity index (χ2n) is 4.57. The molecular weight excluding hydrogens is 238 g/mol. The van der Waals surface area contributed by atoms with E-state index >= 15 is 0 Å². The fourth-order valence-corrected chi connectivity index (χ4v) is 1.58. The first-order valence-electron chi connectivity index (χ1n) is 5.74. The third-order valence-corrected chi connectivity index (χ3v) is 2.79. The number of aromatic carboxylic acids is 1. The third-order valence-electron chi connectivity index (χ3n) is 2.79. The first-order chi connectivity index (χ1) is 8.32. The van der Waals surface area contributed by atoms with E-state index in [0.717, 1.165) is 12.8 Å². The van der Waals surface area contributed by atoms with Crippen LogP contribution in [0.1, 0.15) is 49.8 Å². The molecule has 1 heterocycles. The fourth-order valence-electron chi connectivity index (χ4n) is 1.58. The second-order valence-corrected chi connectivity index (χ2v) is 4.57.